The van der Waals surface area contributed by atoms with Crippen molar-refractivity contribution >= 4 is 28.3 Å². The molecule has 0 spiro atoms. The highest BCUT2D eigenvalue weighted by Gasteiger charge is 2.21. The zero-order chi connectivity index (χ0) is 29.1. The number of rotatable bonds is 4. The van der Waals surface area contributed by atoms with Crippen LogP contribution in [-0.2, 0) is 17.3 Å². The SMILES string of the molecule is Cn1c(=O)n(-c2ccc(C(C)(C)C#N)cc2)c2c3cc(-c4ccc(-c5ccncc5)nc4)ccc3ncc21.NC=O. The number of hydrogen-bond acceptors (Lipinski definition) is 6. The van der Waals surface area contributed by atoms with Gasteiger partial charge in [-0.25, -0.2) is 4.79 Å². The number of benzene rings is 2. The normalized spacial score (nSPS) is 11.1. The summed E-state index contributed by atoms with van der Waals surface area (Å²) in [7, 11) is 1.76. The Kier molecular flexibility index (Phi) is 7.15. The highest BCUT2D eigenvalue weighted by atomic mass is 16.1. The molecule has 9 heteroatoms. The Hall–Kier alpha value is -5.62. The Labute approximate surface area is 236 Å². The highest BCUT2D eigenvalue weighted by Crippen LogP contribution is 2.31. The van der Waals surface area contributed by atoms with Gasteiger partial charge in [0.1, 0.15) is 0 Å². The predicted octanol–water partition coefficient (Wildman–Crippen LogP) is 4.90. The van der Waals surface area contributed by atoms with E-state index in [1.54, 1.807) is 34.8 Å². The lowest BCUT2D eigenvalue weighted by Gasteiger charge is -2.16. The molecule has 41 heavy (non-hydrogen) atoms. The first kappa shape index (κ1) is 27.0. The Bertz CT molecular complexity index is 1970. The summed E-state index contributed by atoms with van der Waals surface area (Å²) in [5.74, 6) is 0. The van der Waals surface area contributed by atoms with E-state index >= 15 is 0 Å². The molecule has 4 aromatic heterocycles. The number of aromatic nitrogens is 5. The highest BCUT2D eigenvalue weighted by molar-refractivity contribution is 6.04. The molecule has 0 saturated carbocycles. The molecule has 0 aliphatic rings. The number of imidazole rings is 1. The van der Waals surface area contributed by atoms with Crippen molar-refractivity contribution in [3.63, 3.8) is 0 Å². The molecule has 2 aromatic carbocycles. The first-order valence-electron chi connectivity index (χ1n) is 12.8. The number of hydrogen-bond donors (Lipinski definition) is 1. The van der Waals surface area contributed by atoms with E-state index in [2.05, 4.69) is 32.8 Å². The van der Waals surface area contributed by atoms with Crippen LogP contribution in [0.4, 0.5) is 0 Å². The zero-order valence-electron chi connectivity index (χ0n) is 22.8. The van der Waals surface area contributed by atoms with Gasteiger partial charge in [-0.3, -0.25) is 28.9 Å². The van der Waals surface area contributed by atoms with Crippen LogP contribution < -0.4 is 11.4 Å². The van der Waals surface area contributed by atoms with Crippen LogP contribution in [0, 0.1) is 11.3 Å². The minimum absolute atomic E-state index is 0.157. The van der Waals surface area contributed by atoms with E-state index in [4.69, 9.17) is 4.79 Å². The van der Waals surface area contributed by atoms with Crippen molar-refractivity contribution in [2.45, 2.75) is 19.3 Å². The monoisotopic (exact) mass is 541 g/mol. The molecule has 0 aliphatic heterocycles. The van der Waals surface area contributed by atoms with Crippen molar-refractivity contribution in [3.05, 3.63) is 108 Å². The molecule has 0 atom stereocenters. The number of nitriles is 1. The summed E-state index contributed by atoms with van der Waals surface area (Å²) in [5, 5.41) is 10.4. The van der Waals surface area contributed by atoms with Crippen molar-refractivity contribution in [2.24, 2.45) is 12.8 Å². The molecule has 6 aromatic rings. The maximum absolute atomic E-state index is 13.4. The molecule has 9 nitrogen and oxygen atoms in total. The standard InChI is InChI=1S/C31H24N6O.CH3NO/c1-31(2,19-32)23-6-8-24(9-7-23)37-29-25-16-21(4-11-27(25)35-18-28(29)36(3)30(37)38)22-5-10-26(34-17-22)20-12-14-33-15-13-20;2-1-3/h4-18H,1-3H3;1H,(H2,2,3). The smallest absolute Gasteiger partial charge is 0.333 e. The molecule has 0 unspecified atom stereocenters. The van der Waals surface area contributed by atoms with E-state index in [1.807, 2.05) is 80.7 Å². The van der Waals surface area contributed by atoms with Gasteiger partial charge in [-0.05, 0) is 67.4 Å². The van der Waals surface area contributed by atoms with E-state index in [0.29, 0.717) is 0 Å². The molecule has 0 fully saturated rings. The lowest BCUT2D eigenvalue weighted by Crippen LogP contribution is -2.21. The third-order valence-electron chi connectivity index (χ3n) is 7.08. The fraction of sp³-hybridized carbons (Fsp3) is 0.125. The van der Waals surface area contributed by atoms with Gasteiger partial charge in [-0.15, -0.1) is 0 Å². The summed E-state index contributed by atoms with van der Waals surface area (Å²) in [4.78, 5) is 35.4. The summed E-state index contributed by atoms with van der Waals surface area (Å²) < 4.78 is 3.34. The van der Waals surface area contributed by atoms with Crippen molar-refractivity contribution in [3.8, 4) is 34.1 Å². The number of amides is 1. The van der Waals surface area contributed by atoms with Gasteiger partial charge < -0.3 is 5.73 Å². The Morgan fingerprint density at radius 1 is 0.902 bits per heavy atom. The number of pyridine rings is 3. The van der Waals surface area contributed by atoms with Crippen LogP contribution >= 0.6 is 0 Å². The van der Waals surface area contributed by atoms with Crippen molar-refractivity contribution in [1.29, 1.82) is 5.26 Å². The van der Waals surface area contributed by atoms with Gasteiger partial charge in [-0.2, -0.15) is 5.26 Å². The molecule has 4 heterocycles. The second kappa shape index (κ2) is 10.9. The number of fused-ring (bicyclic) bond motifs is 3. The largest absolute Gasteiger partial charge is 0.372 e. The number of nitrogens with two attached hydrogens (primary N) is 1. The molecule has 202 valence electrons. The van der Waals surface area contributed by atoms with Gasteiger partial charge in [0.05, 0.1) is 45.6 Å². The fourth-order valence-corrected chi connectivity index (χ4v) is 4.77. The maximum Gasteiger partial charge on any atom is 0.333 e. The molecule has 6 rings (SSSR count). The van der Waals surface area contributed by atoms with E-state index in [-0.39, 0.29) is 12.1 Å². The van der Waals surface area contributed by atoms with Crippen LogP contribution in [0.5, 0.6) is 0 Å². The van der Waals surface area contributed by atoms with Crippen molar-refractivity contribution in [1.82, 2.24) is 24.1 Å². The Morgan fingerprint density at radius 2 is 1.59 bits per heavy atom. The van der Waals surface area contributed by atoms with Crippen LogP contribution in [0.1, 0.15) is 19.4 Å². The van der Waals surface area contributed by atoms with Crippen molar-refractivity contribution in [2.75, 3.05) is 0 Å². The molecular weight excluding hydrogens is 514 g/mol. The third kappa shape index (κ3) is 4.94. The summed E-state index contributed by atoms with van der Waals surface area (Å²) in [6.45, 7) is 3.76. The third-order valence-corrected chi connectivity index (χ3v) is 7.08. The van der Waals surface area contributed by atoms with Gasteiger partial charge >= 0.3 is 5.69 Å². The van der Waals surface area contributed by atoms with Gasteiger partial charge in [0.2, 0.25) is 6.41 Å². The summed E-state index contributed by atoms with van der Waals surface area (Å²) in [6, 6.07) is 23.9. The van der Waals surface area contributed by atoms with Gasteiger partial charge in [-0.1, -0.05) is 24.3 Å². The molecule has 2 N–H and O–H groups in total. The van der Waals surface area contributed by atoms with Gasteiger partial charge in [0.15, 0.2) is 0 Å². The van der Waals surface area contributed by atoms with E-state index < -0.39 is 5.41 Å². The number of carbonyl (C=O) groups excluding carboxylic acids is 1. The second-order valence-electron chi connectivity index (χ2n) is 9.99. The number of aryl methyl sites for hydroxylation is 1. The quantitative estimate of drug-likeness (QED) is 0.316. The van der Waals surface area contributed by atoms with Crippen LogP contribution in [0.15, 0.2) is 96.3 Å². The summed E-state index contributed by atoms with van der Waals surface area (Å²) in [6.07, 6.45) is 7.36. The van der Waals surface area contributed by atoms with E-state index in [0.717, 1.165) is 55.6 Å². The van der Waals surface area contributed by atoms with Crippen molar-refractivity contribution < 1.29 is 4.79 Å². The number of nitrogens with zero attached hydrogens (tertiary/aromatic N) is 6. The average molecular weight is 542 g/mol. The van der Waals surface area contributed by atoms with Crippen LogP contribution in [0.2, 0.25) is 0 Å². The predicted molar refractivity (Wildman–Crippen MR) is 159 cm³/mol. The Balaban J connectivity index is 0.00000108. The molecule has 0 bridgehead atoms. The van der Waals surface area contributed by atoms with E-state index in [9.17, 15) is 10.1 Å². The first-order valence-corrected chi connectivity index (χ1v) is 12.8. The fourth-order valence-electron chi connectivity index (χ4n) is 4.77. The number of carbonyl (C=O) groups is 1. The summed E-state index contributed by atoms with van der Waals surface area (Å²) >= 11 is 0. The molecule has 0 aliphatic carbocycles. The van der Waals surface area contributed by atoms with E-state index in [1.165, 1.54) is 0 Å². The minimum atomic E-state index is -0.616. The minimum Gasteiger partial charge on any atom is -0.372 e. The topological polar surface area (TPSA) is 132 Å². The molecule has 0 radical (unpaired) electrons. The summed E-state index contributed by atoms with van der Waals surface area (Å²) in [5.41, 5.74) is 11.2. The van der Waals surface area contributed by atoms with Crippen LogP contribution in [-0.4, -0.2) is 30.5 Å². The van der Waals surface area contributed by atoms with Crippen LogP contribution in [0.25, 0.3) is 50.0 Å². The molecular formula is C32H27N7O2. The van der Waals surface area contributed by atoms with Gasteiger partial charge in [0.25, 0.3) is 0 Å². The average Bonchev–Trinajstić information content (AvgIpc) is 3.27. The molecule has 0 saturated heterocycles. The van der Waals surface area contributed by atoms with Gasteiger partial charge in [0, 0.05) is 42.2 Å². The number of primary amides is 1. The first-order chi connectivity index (χ1) is 19.8. The maximum atomic E-state index is 13.4. The molecule has 1 amide bonds. The second-order valence-corrected chi connectivity index (χ2v) is 9.99. The lowest BCUT2D eigenvalue weighted by molar-refractivity contribution is -0.106. The zero-order valence-corrected chi connectivity index (χ0v) is 22.8. The lowest BCUT2D eigenvalue weighted by atomic mass is 9.86. The van der Waals surface area contributed by atoms with Crippen LogP contribution in [0.3, 0.4) is 0 Å². The Morgan fingerprint density at radius 3 is 2.22 bits per heavy atom.